The van der Waals surface area contributed by atoms with Crippen LogP contribution in [0, 0.1) is 0 Å². The average molecular weight is 378 g/mol. The number of halogens is 1. The van der Waals surface area contributed by atoms with Crippen LogP contribution in [0.2, 0.25) is 5.02 Å². The maximum Gasteiger partial charge on any atom is 0.262 e. The lowest BCUT2D eigenvalue weighted by Gasteiger charge is -2.28. The number of benzene rings is 2. The highest BCUT2D eigenvalue weighted by Gasteiger charge is 2.33. The normalized spacial score (nSPS) is 18.1. The lowest BCUT2D eigenvalue weighted by atomic mass is 10.1. The summed E-state index contributed by atoms with van der Waals surface area (Å²) in [7, 11) is -1.85. The molecule has 25 heavy (non-hydrogen) atoms. The molecule has 0 unspecified atom stereocenters. The molecule has 0 aliphatic carbocycles. The Bertz CT molecular complexity index is 940. The van der Waals surface area contributed by atoms with Crippen LogP contribution in [0.25, 0.3) is 0 Å². The summed E-state index contributed by atoms with van der Waals surface area (Å²) < 4.78 is 29.0. The molecule has 130 valence electrons. The molecule has 1 atom stereocenters. The van der Waals surface area contributed by atoms with Crippen molar-refractivity contribution in [3.05, 3.63) is 70.6 Å². The van der Waals surface area contributed by atoms with Crippen molar-refractivity contribution in [2.45, 2.75) is 6.04 Å². The number of carbonyl (C=O) groups is 1. The number of para-hydroxylation sites is 1. The van der Waals surface area contributed by atoms with E-state index in [1.54, 1.807) is 48.5 Å². The average Bonchev–Trinajstić information content (AvgIpc) is 2.94. The first-order valence-electron chi connectivity index (χ1n) is 7.54. The summed E-state index contributed by atoms with van der Waals surface area (Å²) in [4.78, 5) is 14.6. The molecule has 0 fully saturated rings. The van der Waals surface area contributed by atoms with Crippen molar-refractivity contribution in [1.29, 1.82) is 0 Å². The Morgan fingerprint density at radius 1 is 1.20 bits per heavy atom. The van der Waals surface area contributed by atoms with Gasteiger partial charge in [0.1, 0.15) is 5.75 Å². The molecule has 1 heterocycles. The molecule has 5 nitrogen and oxygen atoms in total. The van der Waals surface area contributed by atoms with Gasteiger partial charge < -0.3 is 9.64 Å². The number of hydrogen-bond donors (Lipinski definition) is 0. The van der Waals surface area contributed by atoms with Crippen LogP contribution in [0.5, 0.6) is 5.75 Å². The summed E-state index contributed by atoms with van der Waals surface area (Å²) >= 11 is 6.06. The molecule has 0 N–H and O–H groups in total. The molecular formula is C18H16ClNO4S. The van der Waals surface area contributed by atoms with E-state index >= 15 is 0 Å². The van der Waals surface area contributed by atoms with Crippen molar-refractivity contribution in [1.82, 2.24) is 0 Å². The van der Waals surface area contributed by atoms with E-state index in [2.05, 4.69) is 0 Å². The monoisotopic (exact) mass is 377 g/mol. The lowest BCUT2D eigenvalue weighted by Crippen LogP contribution is -2.41. The Labute approximate surface area is 151 Å². The van der Waals surface area contributed by atoms with E-state index < -0.39 is 15.9 Å². The van der Waals surface area contributed by atoms with Gasteiger partial charge in [-0.2, -0.15) is 0 Å². The molecule has 1 aliphatic heterocycles. The first-order chi connectivity index (χ1) is 11.9. The SMILES string of the molecule is COc1ccccc1C(=O)N(c1cccc(Cl)c1)[C@@H]1C=CS(=O)(=O)C1. The maximum absolute atomic E-state index is 13.2. The van der Waals surface area contributed by atoms with Gasteiger partial charge in [-0.1, -0.05) is 29.8 Å². The van der Waals surface area contributed by atoms with Crippen LogP contribution in [0.3, 0.4) is 0 Å². The molecular weight excluding hydrogens is 362 g/mol. The second-order valence-electron chi connectivity index (χ2n) is 5.58. The number of sulfone groups is 1. The van der Waals surface area contributed by atoms with Gasteiger partial charge in [0, 0.05) is 16.1 Å². The van der Waals surface area contributed by atoms with Crippen molar-refractivity contribution in [3.8, 4) is 5.75 Å². The van der Waals surface area contributed by atoms with Crippen LogP contribution >= 0.6 is 11.6 Å². The van der Waals surface area contributed by atoms with E-state index in [4.69, 9.17) is 16.3 Å². The zero-order chi connectivity index (χ0) is 18.0. The fraction of sp³-hybridized carbons (Fsp3) is 0.167. The van der Waals surface area contributed by atoms with E-state index in [0.29, 0.717) is 22.0 Å². The summed E-state index contributed by atoms with van der Waals surface area (Å²) in [6, 6.07) is 13.0. The van der Waals surface area contributed by atoms with E-state index in [-0.39, 0.29) is 11.7 Å². The first-order valence-corrected chi connectivity index (χ1v) is 9.64. The van der Waals surface area contributed by atoms with Crippen molar-refractivity contribution < 1.29 is 17.9 Å². The van der Waals surface area contributed by atoms with E-state index in [1.807, 2.05) is 0 Å². The number of hydrogen-bond acceptors (Lipinski definition) is 4. The molecule has 0 radical (unpaired) electrons. The van der Waals surface area contributed by atoms with Crippen LogP contribution in [0.4, 0.5) is 5.69 Å². The maximum atomic E-state index is 13.2. The number of methoxy groups -OCH3 is 1. The van der Waals surface area contributed by atoms with Gasteiger partial charge in [-0.05, 0) is 36.4 Å². The minimum absolute atomic E-state index is 0.166. The largest absolute Gasteiger partial charge is 0.496 e. The van der Waals surface area contributed by atoms with Crippen molar-refractivity contribution >= 4 is 33.0 Å². The third-order valence-electron chi connectivity index (χ3n) is 3.89. The van der Waals surface area contributed by atoms with Crippen molar-refractivity contribution in [2.75, 3.05) is 17.8 Å². The standard InChI is InChI=1S/C18H16ClNO4S/c1-24-17-8-3-2-7-16(17)18(21)20(14-6-4-5-13(19)11-14)15-9-10-25(22,23)12-15/h2-11,15H,12H2,1H3/t15-/m1/s1. The van der Waals surface area contributed by atoms with Crippen molar-refractivity contribution in [3.63, 3.8) is 0 Å². The van der Waals surface area contributed by atoms with Crippen LogP contribution in [-0.2, 0) is 9.84 Å². The first kappa shape index (κ1) is 17.5. The molecule has 0 aromatic heterocycles. The van der Waals surface area contributed by atoms with Gasteiger partial charge >= 0.3 is 0 Å². The summed E-state index contributed by atoms with van der Waals surface area (Å²) in [5, 5.41) is 1.60. The molecule has 1 aliphatic rings. The quantitative estimate of drug-likeness (QED) is 0.820. The minimum atomic E-state index is -3.33. The number of carbonyl (C=O) groups excluding carboxylic acids is 1. The van der Waals surface area contributed by atoms with Crippen LogP contribution in [0.15, 0.2) is 60.0 Å². The lowest BCUT2D eigenvalue weighted by molar-refractivity contribution is 0.0980. The Hall–Kier alpha value is -2.31. The molecule has 0 saturated heterocycles. The van der Waals surface area contributed by atoms with Crippen LogP contribution in [0.1, 0.15) is 10.4 Å². The molecule has 7 heteroatoms. The Morgan fingerprint density at radius 3 is 2.60 bits per heavy atom. The number of rotatable bonds is 4. The van der Waals surface area contributed by atoms with Gasteiger partial charge in [0.15, 0.2) is 9.84 Å². The molecule has 0 spiro atoms. The second-order valence-corrected chi connectivity index (χ2v) is 7.95. The summed E-state index contributed by atoms with van der Waals surface area (Å²) in [6.07, 6.45) is 1.52. The van der Waals surface area contributed by atoms with Gasteiger partial charge in [-0.25, -0.2) is 8.42 Å². The predicted molar refractivity (Wildman–Crippen MR) is 98.0 cm³/mol. The highest BCUT2D eigenvalue weighted by molar-refractivity contribution is 7.94. The van der Waals surface area contributed by atoms with Gasteiger partial charge in [0.05, 0.1) is 24.5 Å². The van der Waals surface area contributed by atoms with E-state index in [1.165, 1.54) is 18.1 Å². The number of nitrogens with zero attached hydrogens (tertiary/aromatic N) is 1. The number of amides is 1. The third-order valence-corrected chi connectivity index (χ3v) is 5.50. The highest BCUT2D eigenvalue weighted by atomic mass is 35.5. The Balaban J connectivity index is 2.08. The summed E-state index contributed by atoms with van der Waals surface area (Å²) in [5.41, 5.74) is 0.873. The summed E-state index contributed by atoms with van der Waals surface area (Å²) in [6.45, 7) is 0. The molecule has 3 rings (SSSR count). The Kier molecular flexibility index (Phi) is 4.83. The Morgan fingerprint density at radius 2 is 1.96 bits per heavy atom. The zero-order valence-corrected chi connectivity index (χ0v) is 15.0. The molecule has 1 amide bonds. The van der Waals surface area contributed by atoms with E-state index in [0.717, 1.165) is 5.41 Å². The van der Waals surface area contributed by atoms with Crippen LogP contribution in [-0.4, -0.2) is 33.2 Å². The molecule has 2 aromatic rings. The van der Waals surface area contributed by atoms with E-state index in [9.17, 15) is 13.2 Å². The topological polar surface area (TPSA) is 63.7 Å². The predicted octanol–water partition coefficient (Wildman–Crippen LogP) is 3.31. The van der Waals surface area contributed by atoms with Crippen LogP contribution < -0.4 is 9.64 Å². The minimum Gasteiger partial charge on any atom is -0.496 e. The number of anilines is 1. The van der Waals surface area contributed by atoms with Gasteiger partial charge in [0.2, 0.25) is 0 Å². The highest BCUT2D eigenvalue weighted by Crippen LogP contribution is 2.29. The molecule has 2 aromatic carbocycles. The summed E-state index contributed by atoms with van der Waals surface area (Å²) in [5.74, 6) is -0.101. The molecule has 0 bridgehead atoms. The zero-order valence-electron chi connectivity index (χ0n) is 13.4. The fourth-order valence-corrected chi connectivity index (χ4v) is 4.21. The van der Waals surface area contributed by atoms with Gasteiger partial charge in [-0.15, -0.1) is 0 Å². The van der Waals surface area contributed by atoms with Gasteiger partial charge in [-0.3, -0.25) is 4.79 Å². The van der Waals surface area contributed by atoms with Crippen molar-refractivity contribution in [2.24, 2.45) is 0 Å². The third kappa shape index (κ3) is 3.70. The fourth-order valence-electron chi connectivity index (χ4n) is 2.76. The smallest absolute Gasteiger partial charge is 0.262 e. The molecule has 0 saturated carbocycles. The van der Waals surface area contributed by atoms with Gasteiger partial charge in [0.25, 0.3) is 5.91 Å². The number of ether oxygens (including phenoxy) is 1. The second kappa shape index (κ2) is 6.90.